The predicted octanol–water partition coefficient (Wildman–Crippen LogP) is 5.75. The average molecular weight is 318 g/mol. The van der Waals surface area contributed by atoms with E-state index in [9.17, 15) is 0 Å². The van der Waals surface area contributed by atoms with Crippen molar-refractivity contribution in [3.63, 3.8) is 0 Å². The van der Waals surface area contributed by atoms with Gasteiger partial charge >= 0.3 is 0 Å². The van der Waals surface area contributed by atoms with E-state index in [0.717, 1.165) is 35.2 Å². The number of unbranched alkanes of at least 4 members (excludes halogenated alkanes) is 3. The van der Waals surface area contributed by atoms with Crippen molar-refractivity contribution < 1.29 is 4.74 Å². The highest BCUT2D eigenvalue weighted by molar-refractivity contribution is 5.78. The number of benzene rings is 2. The van der Waals surface area contributed by atoms with Crippen molar-refractivity contribution in [2.75, 3.05) is 0 Å². The van der Waals surface area contributed by atoms with Crippen LogP contribution in [-0.4, -0.2) is 4.98 Å². The number of hydrogen-bond donors (Lipinski definition) is 0. The van der Waals surface area contributed by atoms with Gasteiger partial charge in [-0.1, -0.05) is 62.6 Å². The van der Waals surface area contributed by atoms with Crippen LogP contribution in [0.5, 0.6) is 5.75 Å². The Morgan fingerprint density at radius 2 is 1.67 bits per heavy atom. The molecule has 0 aliphatic rings. The van der Waals surface area contributed by atoms with E-state index in [1.54, 1.807) is 0 Å². The monoisotopic (exact) mass is 318 g/mol. The van der Waals surface area contributed by atoms with Crippen LogP contribution < -0.4 is 4.74 Å². The van der Waals surface area contributed by atoms with E-state index >= 15 is 0 Å². The smallest absolute Gasteiger partial charge is 0.130 e. The molecule has 2 aromatic carbocycles. The number of aryl methyl sites for hydroxylation is 1. The Labute approximate surface area is 144 Å². The molecule has 0 saturated carbocycles. The van der Waals surface area contributed by atoms with E-state index in [4.69, 9.17) is 4.74 Å². The number of nitrogens with zero attached hydrogens (tertiary/aromatic N) is 1. The third-order valence-corrected chi connectivity index (χ3v) is 4.18. The fraction of sp³-hybridized carbons (Fsp3) is 0.273. The van der Waals surface area contributed by atoms with Gasteiger partial charge in [-0.25, -0.2) is 4.98 Å². The van der Waals surface area contributed by atoms with Crippen LogP contribution in [-0.2, 0) is 13.0 Å². The Kier molecular flexibility index (Phi) is 5.84. The van der Waals surface area contributed by atoms with Crippen molar-refractivity contribution >= 4 is 10.9 Å². The molecule has 0 amide bonds. The first kappa shape index (κ1) is 16.5. The molecule has 0 spiro atoms. The molecule has 0 aliphatic heterocycles. The Hall–Kier alpha value is -2.35. The minimum absolute atomic E-state index is 0.494. The summed E-state index contributed by atoms with van der Waals surface area (Å²) in [5.41, 5.74) is 3.33. The van der Waals surface area contributed by atoms with Crippen LogP contribution in [0.3, 0.4) is 0 Å². The molecule has 2 nitrogen and oxygen atoms in total. The molecule has 2 heteroatoms. The van der Waals surface area contributed by atoms with Gasteiger partial charge < -0.3 is 4.74 Å². The van der Waals surface area contributed by atoms with E-state index in [-0.39, 0.29) is 0 Å². The predicted molar refractivity (Wildman–Crippen MR) is 100 cm³/mol. The first-order valence-electron chi connectivity index (χ1n) is 8.71. The molecule has 0 fully saturated rings. The van der Waals surface area contributed by atoms with Gasteiger partial charge in [-0.3, -0.25) is 0 Å². The fourth-order valence-corrected chi connectivity index (χ4v) is 2.78. The van der Waals surface area contributed by atoms with E-state index in [1.807, 2.05) is 24.3 Å². The van der Waals surface area contributed by atoms with Gasteiger partial charge in [-0.2, -0.15) is 0 Å². The highest BCUT2D eigenvalue weighted by Gasteiger charge is 2.01. The number of fused-ring (bicyclic) bond motifs is 1. The van der Waals surface area contributed by atoms with Crippen molar-refractivity contribution in [3.8, 4) is 5.75 Å². The van der Waals surface area contributed by atoms with Crippen LogP contribution in [0.15, 0.2) is 60.7 Å². The van der Waals surface area contributed by atoms with Crippen molar-refractivity contribution in [3.05, 3.63) is 78.8 Å². The summed E-state index contributed by atoms with van der Waals surface area (Å²) >= 11 is 0. The zero-order valence-electron chi connectivity index (χ0n) is 14.1. The first-order valence-corrected chi connectivity index (χ1v) is 8.71. The number of ether oxygens (including phenoxy) is 1. The Morgan fingerprint density at radius 1 is 0.833 bits per heavy atom. The molecule has 24 heavy (non-hydrogen) atoms. The van der Waals surface area contributed by atoms with E-state index < -0.39 is 0 Å². The number of para-hydroxylation sites is 1. The third-order valence-electron chi connectivity index (χ3n) is 4.18. The molecule has 1 radical (unpaired) electrons. The molecular formula is C22H24NO. The molecule has 1 aromatic heterocycles. The van der Waals surface area contributed by atoms with Gasteiger partial charge in [0.2, 0.25) is 0 Å². The van der Waals surface area contributed by atoms with Gasteiger partial charge in [0.05, 0.1) is 11.2 Å². The lowest BCUT2D eigenvalue weighted by molar-refractivity contribution is 0.301. The normalized spacial score (nSPS) is 10.9. The van der Waals surface area contributed by atoms with Crippen molar-refractivity contribution in [1.29, 1.82) is 0 Å². The molecule has 0 bridgehead atoms. The number of aromatic nitrogens is 1. The summed E-state index contributed by atoms with van der Waals surface area (Å²) in [5.74, 6) is 0.895. The second kappa shape index (κ2) is 8.49. The number of rotatable bonds is 8. The summed E-state index contributed by atoms with van der Waals surface area (Å²) in [6.07, 6.45) is 5.88. The van der Waals surface area contributed by atoms with Gasteiger partial charge in [0, 0.05) is 5.39 Å². The summed E-state index contributed by atoms with van der Waals surface area (Å²) in [6, 6.07) is 20.7. The lowest BCUT2D eigenvalue weighted by Crippen LogP contribution is -1.98. The maximum atomic E-state index is 5.87. The van der Waals surface area contributed by atoms with Crippen LogP contribution in [0.2, 0.25) is 0 Å². The molecule has 0 unspecified atom stereocenters. The zero-order chi connectivity index (χ0) is 16.6. The minimum atomic E-state index is 0.494. The second-order valence-corrected chi connectivity index (χ2v) is 6.09. The molecule has 123 valence electrons. The van der Waals surface area contributed by atoms with Gasteiger partial charge in [0.15, 0.2) is 0 Å². The maximum absolute atomic E-state index is 5.87. The Morgan fingerprint density at radius 3 is 2.50 bits per heavy atom. The molecule has 3 rings (SSSR count). The fourth-order valence-electron chi connectivity index (χ4n) is 2.78. The molecule has 3 aromatic rings. The standard InChI is InChI=1S/C22H24NO/c1-2-3-4-5-8-18-11-15-21(16-12-18)24-17-20-14-13-19-9-6-7-10-22(19)23-20/h6-7,9-16H,1-5,8,17H2. The quantitative estimate of drug-likeness (QED) is 0.493. The zero-order valence-corrected chi connectivity index (χ0v) is 14.1. The van der Waals surface area contributed by atoms with E-state index in [0.29, 0.717) is 6.61 Å². The summed E-state index contributed by atoms with van der Waals surface area (Å²) in [4.78, 5) is 4.64. The molecule has 1 heterocycles. The van der Waals surface area contributed by atoms with Crippen LogP contribution in [0, 0.1) is 6.92 Å². The van der Waals surface area contributed by atoms with Crippen LogP contribution in [0.1, 0.15) is 36.9 Å². The topological polar surface area (TPSA) is 22.1 Å². The highest BCUT2D eigenvalue weighted by Crippen LogP contribution is 2.17. The largest absolute Gasteiger partial charge is 0.487 e. The van der Waals surface area contributed by atoms with Crippen LogP contribution in [0.4, 0.5) is 0 Å². The third kappa shape index (κ3) is 4.58. The molecule has 0 saturated heterocycles. The highest BCUT2D eigenvalue weighted by atomic mass is 16.5. The minimum Gasteiger partial charge on any atom is -0.487 e. The molecule has 0 aliphatic carbocycles. The van der Waals surface area contributed by atoms with E-state index in [2.05, 4.69) is 48.3 Å². The molecular weight excluding hydrogens is 294 g/mol. The second-order valence-electron chi connectivity index (χ2n) is 6.09. The average Bonchev–Trinajstić information content (AvgIpc) is 2.64. The summed E-state index contributed by atoms with van der Waals surface area (Å²) in [6.45, 7) is 4.38. The Balaban J connectivity index is 1.53. The Bertz CT molecular complexity index is 764. The lowest BCUT2D eigenvalue weighted by Gasteiger charge is -2.08. The van der Waals surface area contributed by atoms with Gasteiger partial charge in [0.1, 0.15) is 12.4 Å². The summed E-state index contributed by atoms with van der Waals surface area (Å²) in [5, 5.41) is 1.16. The SMILES string of the molecule is [CH2]CCCCCc1ccc(OCc2ccc3ccccc3n2)cc1. The first-order chi connectivity index (χ1) is 11.8. The molecule has 0 atom stereocenters. The lowest BCUT2D eigenvalue weighted by atomic mass is 10.1. The summed E-state index contributed by atoms with van der Waals surface area (Å²) < 4.78 is 5.87. The van der Waals surface area contributed by atoms with Gasteiger partial charge in [-0.15, -0.1) is 0 Å². The van der Waals surface area contributed by atoms with E-state index in [1.165, 1.54) is 24.8 Å². The summed E-state index contributed by atoms with van der Waals surface area (Å²) in [7, 11) is 0. The van der Waals surface area contributed by atoms with Crippen LogP contribution >= 0.6 is 0 Å². The van der Waals surface area contributed by atoms with Gasteiger partial charge in [0.25, 0.3) is 0 Å². The van der Waals surface area contributed by atoms with Crippen molar-refractivity contribution in [1.82, 2.24) is 4.98 Å². The van der Waals surface area contributed by atoms with Crippen LogP contribution in [0.25, 0.3) is 10.9 Å². The maximum Gasteiger partial charge on any atom is 0.130 e. The van der Waals surface area contributed by atoms with Crippen molar-refractivity contribution in [2.24, 2.45) is 0 Å². The number of pyridine rings is 1. The van der Waals surface area contributed by atoms with Gasteiger partial charge in [-0.05, 0) is 42.7 Å². The number of hydrogen-bond acceptors (Lipinski definition) is 2. The van der Waals surface area contributed by atoms with Crippen molar-refractivity contribution in [2.45, 2.75) is 38.7 Å². The molecule has 0 N–H and O–H groups in total.